The van der Waals surface area contributed by atoms with Gasteiger partial charge in [0.05, 0.1) is 31.9 Å². The van der Waals surface area contributed by atoms with Gasteiger partial charge < -0.3 is 9.47 Å². The molecule has 1 atom stereocenters. The minimum absolute atomic E-state index is 0.0148. The number of ether oxygens (including phenoxy) is 2. The molecule has 0 aliphatic carbocycles. The van der Waals surface area contributed by atoms with Crippen LogP contribution in [-0.4, -0.2) is 62.4 Å². The van der Waals surface area contributed by atoms with E-state index in [0.717, 1.165) is 18.6 Å². The Kier molecular flexibility index (Phi) is 7.28. The van der Waals surface area contributed by atoms with Gasteiger partial charge in [0.2, 0.25) is 16.0 Å². The van der Waals surface area contributed by atoms with Gasteiger partial charge in [0.15, 0.2) is 11.6 Å². The number of hydrogen-bond acceptors (Lipinski definition) is 9. The van der Waals surface area contributed by atoms with E-state index in [1.54, 1.807) is 18.2 Å². The highest BCUT2D eigenvalue weighted by Gasteiger charge is 2.29. The molecule has 0 unspecified atom stereocenters. The Morgan fingerprint density at radius 1 is 1.05 bits per heavy atom. The molecule has 1 aromatic carbocycles. The third-order valence-electron chi connectivity index (χ3n) is 5.23. The van der Waals surface area contributed by atoms with Crippen molar-refractivity contribution in [2.45, 2.75) is 25.1 Å². The van der Waals surface area contributed by atoms with Crippen molar-refractivity contribution in [3.8, 4) is 28.7 Å². The van der Waals surface area contributed by atoms with E-state index in [4.69, 9.17) is 9.47 Å². The summed E-state index contributed by atoms with van der Waals surface area (Å²) in [5.74, 6) is -0.377. The summed E-state index contributed by atoms with van der Waals surface area (Å²) >= 11 is 0. The fourth-order valence-electron chi connectivity index (χ4n) is 3.39. The number of anilines is 1. The van der Waals surface area contributed by atoms with Crippen LogP contribution in [0.1, 0.15) is 19.3 Å². The summed E-state index contributed by atoms with van der Waals surface area (Å²) in [5, 5.41) is 10.7. The molecule has 0 saturated heterocycles. The van der Waals surface area contributed by atoms with Crippen LogP contribution in [0, 0.1) is 5.82 Å². The molecule has 4 rings (SSSR count). The molecule has 0 saturated carbocycles. The molecule has 0 aliphatic heterocycles. The Balaban J connectivity index is 1.80. The van der Waals surface area contributed by atoms with Crippen molar-refractivity contribution in [1.82, 2.24) is 34.5 Å². The topological polar surface area (TPSA) is 139 Å². The lowest BCUT2D eigenvalue weighted by molar-refractivity contribution is 0.0568. The van der Waals surface area contributed by atoms with E-state index in [-0.39, 0.29) is 46.9 Å². The van der Waals surface area contributed by atoms with Crippen molar-refractivity contribution in [2.24, 2.45) is 0 Å². The standard InChI is InChI=1S/C21H21F3N8O4S/c1-12(9-17-25-10-13(22)11-26-17)37(33,34)30-21-28-27-19(14-7-8-31(29-14)20(23)24)32(21)18-15(35-2)5-4-6-16(18)36-3/h4-8,10-12,20H,9H2,1-3H3,(H,28,30)/t12-/m1/s1. The molecule has 0 fully saturated rings. The third kappa shape index (κ3) is 5.32. The van der Waals surface area contributed by atoms with Gasteiger partial charge in [-0.3, -0.25) is 9.29 Å². The van der Waals surface area contributed by atoms with Crippen LogP contribution in [0.5, 0.6) is 11.5 Å². The smallest absolute Gasteiger partial charge is 0.333 e. The van der Waals surface area contributed by atoms with Crippen LogP contribution in [0.25, 0.3) is 17.2 Å². The number of halogens is 3. The van der Waals surface area contributed by atoms with Gasteiger partial charge in [-0.05, 0) is 25.1 Å². The minimum atomic E-state index is -4.14. The second kappa shape index (κ2) is 10.4. The average molecular weight is 539 g/mol. The van der Waals surface area contributed by atoms with E-state index in [9.17, 15) is 21.6 Å². The lowest BCUT2D eigenvalue weighted by atomic mass is 10.2. The largest absolute Gasteiger partial charge is 0.494 e. The zero-order valence-corrected chi connectivity index (χ0v) is 20.5. The van der Waals surface area contributed by atoms with Gasteiger partial charge in [0, 0.05) is 12.6 Å². The molecule has 1 N–H and O–H groups in total. The van der Waals surface area contributed by atoms with E-state index in [0.29, 0.717) is 4.68 Å². The Hall–Kier alpha value is -4.21. The summed E-state index contributed by atoms with van der Waals surface area (Å²) in [4.78, 5) is 7.59. The number of hydrogen-bond donors (Lipinski definition) is 1. The Morgan fingerprint density at radius 2 is 1.70 bits per heavy atom. The second-order valence-corrected chi connectivity index (χ2v) is 9.73. The maximum Gasteiger partial charge on any atom is 0.333 e. The number of aromatic nitrogens is 7. The van der Waals surface area contributed by atoms with E-state index >= 15 is 0 Å². The fraction of sp³-hybridized carbons (Fsp3) is 0.286. The number of sulfonamides is 1. The molecule has 0 aliphatic rings. The van der Waals surface area contributed by atoms with Gasteiger partial charge in [-0.15, -0.1) is 10.2 Å². The summed E-state index contributed by atoms with van der Waals surface area (Å²) in [7, 11) is -1.36. The minimum Gasteiger partial charge on any atom is -0.494 e. The molecule has 3 heterocycles. The molecule has 12 nitrogen and oxygen atoms in total. The predicted molar refractivity (Wildman–Crippen MR) is 125 cm³/mol. The Bertz CT molecular complexity index is 1470. The van der Waals surface area contributed by atoms with Crippen molar-refractivity contribution in [1.29, 1.82) is 0 Å². The van der Waals surface area contributed by atoms with Gasteiger partial charge >= 0.3 is 6.55 Å². The predicted octanol–water partition coefficient (Wildman–Crippen LogP) is 2.85. The van der Waals surface area contributed by atoms with Crippen LogP contribution in [0.15, 0.2) is 42.9 Å². The Labute approximate surface area is 209 Å². The summed E-state index contributed by atoms with van der Waals surface area (Å²) < 4.78 is 80.8. The first-order valence-electron chi connectivity index (χ1n) is 10.6. The number of para-hydroxylation sites is 1. The van der Waals surface area contributed by atoms with Crippen molar-refractivity contribution in [2.75, 3.05) is 18.9 Å². The van der Waals surface area contributed by atoms with E-state index in [1.807, 2.05) is 0 Å². The first kappa shape index (κ1) is 25.9. The quantitative estimate of drug-likeness (QED) is 0.323. The molecule has 0 radical (unpaired) electrons. The van der Waals surface area contributed by atoms with Gasteiger partial charge in [-0.2, -0.15) is 13.9 Å². The number of rotatable bonds is 10. The summed E-state index contributed by atoms with van der Waals surface area (Å²) in [6.45, 7) is -1.50. The van der Waals surface area contributed by atoms with Crippen LogP contribution in [-0.2, 0) is 16.4 Å². The summed E-state index contributed by atoms with van der Waals surface area (Å²) in [5.41, 5.74) is 0.185. The lowest BCUT2D eigenvalue weighted by Crippen LogP contribution is -2.29. The number of nitrogens with one attached hydrogen (secondary N) is 1. The molecule has 3 aromatic heterocycles. The van der Waals surface area contributed by atoms with Crippen molar-refractivity contribution < 1.29 is 31.1 Å². The molecule has 16 heteroatoms. The summed E-state index contributed by atoms with van der Waals surface area (Å²) in [6, 6.07) is 6.10. The van der Waals surface area contributed by atoms with Crippen LogP contribution in [0.3, 0.4) is 0 Å². The maximum atomic E-state index is 13.2. The highest BCUT2D eigenvalue weighted by atomic mass is 32.2. The molecule has 4 aromatic rings. The molecular weight excluding hydrogens is 517 g/mol. The number of alkyl halides is 2. The SMILES string of the molecule is COc1cccc(OC)c1-n1c(NS(=O)(=O)[C@H](C)Cc2ncc(F)cn2)nnc1-c1ccn(C(F)F)n1. The zero-order valence-electron chi connectivity index (χ0n) is 19.7. The van der Waals surface area contributed by atoms with Crippen molar-refractivity contribution >= 4 is 16.0 Å². The van der Waals surface area contributed by atoms with Crippen molar-refractivity contribution in [3.05, 3.63) is 54.5 Å². The van der Waals surface area contributed by atoms with E-state index in [1.165, 1.54) is 31.8 Å². The lowest BCUT2D eigenvalue weighted by Gasteiger charge is -2.18. The Morgan fingerprint density at radius 3 is 2.27 bits per heavy atom. The molecule has 0 spiro atoms. The number of methoxy groups -OCH3 is 2. The van der Waals surface area contributed by atoms with Crippen LogP contribution < -0.4 is 14.2 Å². The van der Waals surface area contributed by atoms with E-state index < -0.39 is 27.6 Å². The molecule has 0 bridgehead atoms. The molecule has 37 heavy (non-hydrogen) atoms. The monoisotopic (exact) mass is 538 g/mol. The first-order chi connectivity index (χ1) is 17.6. The average Bonchev–Trinajstić information content (AvgIpc) is 3.52. The number of benzene rings is 1. The fourth-order valence-corrected chi connectivity index (χ4v) is 4.34. The van der Waals surface area contributed by atoms with Gasteiger partial charge in [-0.25, -0.2) is 27.5 Å². The van der Waals surface area contributed by atoms with Crippen LogP contribution in [0.4, 0.5) is 19.1 Å². The first-order valence-corrected chi connectivity index (χ1v) is 12.2. The molecular formula is C21H21F3N8O4S. The number of nitrogens with zero attached hydrogens (tertiary/aromatic N) is 7. The van der Waals surface area contributed by atoms with E-state index in [2.05, 4.69) is 30.0 Å². The highest BCUT2D eigenvalue weighted by molar-refractivity contribution is 7.93. The van der Waals surface area contributed by atoms with Crippen molar-refractivity contribution in [3.63, 3.8) is 0 Å². The van der Waals surface area contributed by atoms with Gasteiger partial charge in [-0.1, -0.05) is 6.07 Å². The third-order valence-corrected chi connectivity index (χ3v) is 6.93. The molecule has 196 valence electrons. The second-order valence-electron chi connectivity index (χ2n) is 7.63. The van der Waals surface area contributed by atoms with Crippen LogP contribution in [0.2, 0.25) is 0 Å². The zero-order chi connectivity index (χ0) is 26.7. The van der Waals surface area contributed by atoms with Gasteiger partial charge in [0.25, 0.3) is 0 Å². The van der Waals surface area contributed by atoms with Gasteiger partial charge in [0.1, 0.15) is 28.7 Å². The normalized spacial score (nSPS) is 12.5. The maximum absolute atomic E-state index is 13.2. The van der Waals surface area contributed by atoms with Crippen LogP contribution >= 0.6 is 0 Å². The molecule has 0 amide bonds. The summed E-state index contributed by atoms with van der Waals surface area (Å²) in [6.07, 6.45) is 2.79. The highest BCUT2D eigenvalue weighted by Crippen LogP contribution is 2.37.